The molecule has 0 saturated heterocycles. The van der Waals surface area contributed by atoms with Crippen molar-refractivity contribution in [1.82, 2.24) is 9.55 Å². The molecule has 0 atom stereocenters. The third-order valence-electron chi connectivity index (χ3n) is 3.52. The summed E-state index contributed by atoms with van der Waals surface area (Å²) >= 11 is 0. The Hall–Kier alpha value is -2.75. The van der Waals surface area contributed by atoms with Crippen LogP contribution in [-0.4, -0.2) is 15.3 Å². The highest BCUT2D eigenvalue weighted by molar-refractivity contribution is 5.79. The molecule has 4 heteroatoms. The van der Waals surface area contributed by atoms with E-state index in [2.05, 4.69) is 4.98 Å². The highest BCUT2D eigenvalue weighted by Gasteiger charge is 2.12. The van der Waals surface area contributed by atoms with E-state index in [1.807, 2.05) is 54.6 Å². The molecule has 22 heavy (non-hydrogen) atoms. The molecule has 0 aliphatic carbocycles. The lowest BCUT2D eigenvalue weighted by molar-refractivity contribution is -0.116. The second kappa shape index (κ2) is 5.93. The predicted molar refractivity (Wildman–Crippen MR) is 85.9 cm³/mol. The molecule has 0 spiro atoms. The van der Waals surface area contributed by atoms with Crippen LogP contribution in [-0.2, 0) is 17.8 Å². The quantitative estimate of drug-likeness (QED) is 0.742. The summed E-state index contributed by atoms with van der Waals surface area (Å²) in [4.78, 5) is 28.4. The molecule has 0 saturated carbocycles. The van der Waals surface area contributed by atoms with Crippen LogP contribution < -0.4 is 5.56 Å². The first kappa shape index (κ1) is 14.2. The first-order valence-corrected chi connectivity index (χ1v) is 7.17. The van der Waals surface area contributed by atoms with Crippen LogP contribution in [0, 0.1) is 0 Å². The topological polar surface area (TPSA) is 52.0 Å². The lowest BCUT2D eigenvalue weighted by atomic mass is 10.2. The number of hydrogen-bond donors (Lipinski definition) is 0. The zero-order valence-electron chi connectivity index (χ0n) is 12.3. The molecule has 0 unspecified atom stereocenters. The Morgan fingerprint density at radius 1 is 1.05 bits per heavy atom. The van der Waals surface area contributed by atoms with Crippen molar-refractivity contribution < 1.29 is 4.79 Å². The molecule has 110 valence electrons. The normalized spacial score (nSPS) is 10.8. The van der Waals surface area contributed by atoms with Gasteiger partial charge in [0, 0.05) is 0 Å². The molecule has 1 aromatic heterocycles. The summed E-state index contributed by atoms with van der Waals surface area (Å²) in [6, 6.07) is 17.3. The fourth-order valence-electron chi connectivity index (χ4n) is 2.52. The fraction of sp³-hybridized carbons (Fsp3) is 0.167. The van der Waals surface area contributed by atoms with E-state index >= 15 is 0 Å². The van der Waals surface area contributed by atoms with Gasteiger partial charge in [-0.3, -0.25) is 9.59 Å². The van der Waals surface area contributed by atoms with E-state index in [9.17, 15) is 9.59 Å². The van der Waals surface area contributed by atoms with Gasteiger partial charge in [0.25, 0.3) is 5.56 Å². The van der Waals surface area contributed by atoms with Crippen molar-refractivity contribution in [2.45, 2.75) is 19.9 Å². The minimum absolute atomic E-state index is 0.0638. The van der Waals surface area contributed by atoms with E-state index in [1.54, 1.807) is 4.57 Å². The van der Waals surface area contributed by atoms with Crippen molar-refractivity contribution in [2.75, 3.05) is 0 Å². The second-order valence-electron chi connectivity index (χ2n) is 5.30. The Morgan fingerprint density at radius 3 is 2.45 bits per heavy atom. The smallest absolute Gasteiger partial charge is 0.273 e. The molecule has 1 heterocycles. The SMILES string of the molecule is CC(=O)Cc1nc2ccccc2n(Cc2ccccc2)c1=O. The van der Waals surface area contributed by atoms with Crippen LogP contribution in [0.15, 0.2) is 59.4 Å². The maximum atomic E-state index is 12.7. The Balaban J connectivity index is 2.19. The lowest BCUT2D eigenvalue weighted by Crippen LogP contribution is -2.27. The number of carbonyl (C=O) groups is 1. The van der Waals surface area contributed by atoms with Crippen LogP contribution in [0.25, 0.3) is 11.0 Å². The third kappa shape index (κ3) is 2.81. The van der Waals surface area contributed by atoms with Gasteiger partial charge in [-0.1, -0.05) is 42.5 Å². The van der Waals surface area contributed by atoms with Crippen LogP contribution in [0.5, 0.6) is 0 Å². The largest absolute Gasteiger partial charge is 0.301 e. The molecular formula is C18H16N2O2. The van der Waals surface area contributed by atoms with Gasteiger partial charge in [-0.05, 0) is 24.6 Å². The first-order chi connectivity index (χ1) is 10.6. The van der Waals surface area contributed by atoms with Crippen molar-refractivity contribution in [1.29, 1.82) is 0 Å². The number of ketones is 1. The minimum Gasteiger partial charge on any atom is -0.301 e. The second-order valence-corrected chi connectivity index (χ2v) is 5.30. The molecular weight excluding hydrogens is 276 g/mol. The number of hydrogen-bond acceptors (Lipinski definition) is 3. The average molecular weight is 292 g/mol. The van der Waals surface area contributed by atoms with Gasteiger partial charge in [0.1, 0.15) is 11.5 Å². The van der Waals surface area contributed by atoms with Gasteiger partial charge in [-0.25, -0.2) is 4.98 Å². The zero-order chi connectivity index (χ0) is 15.5. The van der Waals surface area contributed by atoms with Crippen LogP contribution in [0.1, 0.15) is 18.2 Å². The molecule has 2 aromatic carbocycles. The highest BCUT2D eigenvalue weighted by atomic mass is 16.1. The molecule has 0 radical (unpaired) electrons. The Morgan fingerprint density at radius 2 is 1.73 bits per heavy atom. The molecule has 3 aromatic rings. The first-order valence-electron chi connectivity index (χ1n) is 7.17. The maximum absolute atomic E-state index is 12.7. The number of benzene rings is 2. The number of aromatic nitrogens is 2. The van der Waals surface area contributed by atoms with Crippen LogP contribution in [0.3, 0.4) is 0 Å². The van der Waals surface area contributed by atoms with Crippen LogP contribution in [0.2, 0.25) is 0 Å². The van der Waals surface area contributed by atoms with Crippen molar-refractivity contribution in [3.63, 3.8) is 0 Å². The monoisotopic (exact) mass is 292 g/mol. The fourth-order valence-corrected chi connectivity index (χ4v) is 2.52. The number of rotatable bonds is 4. The van der Waals surface area contributed by atoms with Gasteiger partial charge in [0.05, 0.1) is 24.0 Å². The number of carbonyl (C=O) groups excluding carboxylic acids is 1. The summed E-state index contributed by atoms with van der Waals surface area (Å²) in [5, 5.41) is 0. The molecule has 3 rings (SSSR count). The van der Waals surface area contributed by atoms with E-state index in [0.717, 1.165) is 16.6 Å². The molecule has 0 bridgehead atoms. The molecule has 0 N–H and O–H groups in total. The van der Waals surface area contributed by atoms with Gasteiger partial charge in [-0.15, -0.1) is 0 Å². The number of nitrogens with zero attached hydrogens (tertiary/aromatic N) is 2. The summed E-state index contributed by atoms with van der Waals surface area (Å²) in [5.74, 6) is -0.0638. The summed E-state index contributed by atoms with van der Waals surface area (Å²) in [6.07, 6.45) is 0.0679. The lowest BCUT2D eigenvalue weighted by Gasteiger charge is -2.12. The minimum atomic E-state index is -0.197. The summed E-state index contributed by atoms with van der Waals surface area (Å²) in [6.45, 7) is 1.94. The Bertz CT molecular complexity index is 882. The van der Waals surface area contributed by atoms with Gasteiger partial charge in [-0.2, -0.15) is 0 Å². The van der Waals surface area contributed by atoms with Gasteiger partial charge < -0.3 is 4.57 Å². The van der Waals surface area contributed by atoms with Crippen molar-refractivity contribution in [2.24, 2.45) is 0 Å². The molecule has 4 nitrogen and oxygen atoms in total. The predicted octanol–water partition coefficient (Wildman–Crippen LogP) is 2.58. The highest BCUT2D eigenvalue weighted by Crippen LogP contribution is 2.12. The average Bonchev–Trinajstić information content (AvgIpc) is 2.52. The Kier molecular flexibility index (Phi) is 3.83. The number of para-hydroxylation sites is 2. The van der Waals surface area contributed by atoms with E-state index in [-0.39, 0.29) is 17.8 Å². The molecule has 0 aliphatic rings. The van der Waals surface area contributed by atoms with Crippen molar-refractivity contribution in [3.05, 3.63) is 76.2 Å². The number of fused-ring (bicyclic) bond motifs is 1. The van der Waals surface area contributed by atoms with E-state index < -0.39 is 0 Å². The van der Waals surface area contributed by atoms with E-state index in [1.165, 1.54) is 6.92 Å². The third-order valence-corrected chi connectivity index (χ3v) is 3.52. The number of Topliss-reactive ketones (excluding diaryl/α,β-unsaturated/α-hetero) is 1. The molecule has 0 amide bonds. The van der Waals surface area contributed by atoms with E-state index in [4.69, 9.17) is 0 Å². The van der Waals surface area contributed by atoms with Crippen molar-refractivity contribution >= 4 is 16.8 Å². The molecule has 0 aliphatic heterocycles. The van der Waals surface area contributed by atoms with Gasteiger partial charge in [0.15, 0.2) is 0 Å². The maximum Gasteiger partial charge on any atom is 0.273 e. The summed E-state index contributed by atoms with van der Waals surface area (Å²) in [5.41, 5.74) is 2.66. The Labute approximate surface area is 128 Å². The molecule has 0 fully saturated rings. The van der Waals surface area contributed by atoms with Gasteiger partial charge in [0.2, 0.25) is 0 Å². The van der Waals surface area contributed by atoms with Gasteiger partial charge >= 0.3 is 0 Å². The van der Waals surface area contributed by atoms with Crippen molar-refractivity contribution in [3.8, 4) is 0 Å². The van der Waals surface area contributed by atoms with E-state index in [0.29, 0.717) is 12.2 Å². The van der Waals surface area contributed by atoms with Crippen LogP contribution in [0.4, 0.5) is 0 Å². The summed E-state index contributed by atoms with van der Waals surface area (Å²) < 4.78 is 1.69. The zero-order valence-corrected chi connectivity index (χ0v) is 12.3. The van der Waals surface area contributed by atoms with Crippen LogP contribution >= 0.6 is 0 Å². The standard InChI is InChI=1S/C18H16N2O2/c1-13(21)11-16-18(22)20(12-14-7-3-2-4-8-14)17-10-6-5-9-15(17)19-16/h2-10H,11-12H2,1H3. The summed E-state index contributed by atoms with van der Waals surface area (Å²) in [7, 11) is 0.